The van der Waals surface area contributed by atoms with Crippen molar-refractivity contribution in [2.24, 2.45) is 7.05 Å². The maximum absolute atomic E-state index is 12.8. The molecular formula is C16H17ClF3N3O. The highest BCUT2D eigenvalue weighted by molar-refractivity contribution is 6.32. The van der Waals surface area contributed by atoms with Gasteiger partial charge in [0, 0.05) is 13.6 Å². The van der Waals surface area contributed by atoms with Crippen molar-refractivity contribution in [2.45, 2.75) is 32.5 Å². The van der Waals surface area contributed by atoms with Crippen LogP contribution in [0.2, 0.25) is 5.02 Å². The van der Waals surface area contributed by atoms with E-state index in [0.29, 0.717) is 5.69 Å². The summed E-state index contributed by atoms with van der Waals surface area (Å²) in [6.07, 6.45) is -4.54. The maximum Gasteiger partial charge on any atom is 0.417 e. The quantitative estimate of drug-likeness (QED) is 0.891. The summed E-state index contributed by atoms with van der Waals surface area (Å²) in [5.74, 6) is -0.263. The van der Waals surface area contributed by atoms with Crippen LogP contribution in [-0.2, 0) is 19.8 Å². The number of benzene rings is 1. The molecule has 0 saturated carbocycles. The normalized spacial score (nSPS) is 11.8. The molecule has 1 heterocycles. The Kier molecular flexibility index (Phi) is 5.22. The minimum Gasteiger partial charge on any atom is -0.347 e. The lowest BCUT2D eigenvalue weighted by Gasteiger charge is -2.13. The number of carbonyl (C=O) groups is 1. The largest absolute Gasteiger partial charge is 0.417 e. The first kappa shape index (κ1) is 18.3. The molecular weight excluding hydrogens is 343 g/mol. The van der Waals surface area contributed by atoms with E-state index in [9.17, 15) is 18.0 Å². The van der Waals surface area contributed by atoms with Crippen LogP contribution >= 0.6 is 11.6 Å². The Labute approximate surface area is 142 Å². The Hall–Kier alpha value is -2.02. The van der Waals surface area contributed by atoms with Gasteiger partial charge in [0.2, 0.25) is 0 Å². The van der Waals surface area contributed by atoms with E-state index in [1.54, 1.807) is 13.1 Å². The minimum absolute atomic E-state index is 0.107. The second-order valence-electron chi connectivity index (χ2n) is 5.69. The van der Waals surface area contributed by atoms with Crippen molar-refractivity contribution in [1.82, 2.24) is 15.1 Å². The third-order valence-electron chi connectivity index (χ3n) is 3.55. The predicted molar refractivity (Wildman–Crippen MR) is 84.9 cm³/mol. The number of nitrogens with zero attached hydrogens (tertiary/aromatic N) is 2. The highest BCUT2D eigenvalue weighted by Gasteiger charge is 2.33. The number of aryl methyl sites for hydroxylation is 1. The first-order valence-corrected chi connectivity index (χ1v) is 7.65. The van der Waals surface area contributed by atoms with Gasteiger partial charge in [0.1, 0.15) is 5.69 Å². The van der Waals surface area contributed by atoms with E-state index in [-0.39, 0.29) is 18.0 Å². The molecule has 0 aliphatic carbocycles. The molecule has 0 aliphatic rings. The predicted octanol–water partition coefficient (Wildman–Crippen LogP) is 4.15. The summed E-state index contributed by atoms with van der Waals surface area (Å²) in [5, 5.41) is 6.40. The Morgan fingerprint density at radius 3 is 2.58 bits per heavy atom. The molecule has 2 rings (SSSR count). The van der Waals surface area contributed by atoms with Gasteiger partial charge >= 0.3 is 6.18 Å². The molecule has 4 nitrogen and oxygen atoms in total. The molecule has 0 saturated heterocycles. The van der Waals surface area contributed by atoms with Crippen LogP contribution in [0.5, 0.6) is 0 Å². The number of amides is 1. The van der Waals surface area contributed by atoms with Crippen LogP contribution in [0.3, 0.4) is 0 Å². The molecule has 1 aromatic heterocycles. The first-order chi connectivity index (χ1) is 11.1. The van der Waals surface area contributed by atoms with E-state index in [4.69, 9.17) is 11.6 Å². The fourth-order valence-electron chi connectivity index (χ4n) is 2.19. The van der Waals surface area contributed by atoms with Gasteiger partial charge in [-0.15, -0.1) is 0 Å². The summed E-state index contributed by atoms with van der Waals surface area (Å²) in [4.78, 5) is 12.2. The molecule has 1 aromatic carbocycles. The minimum atomic E-state index is -4.54. The zero-order valence-corrected chi connectivity index (χ0v) is 14.2. The van der Waals surface area contributed by atoms with E-state index in [1.165, 1.54) is 16.8 Å². The number of alkyl halides is 3. The highest BCUT2D eigenvalue weighted by Crippen LogP contribution is 2.36. The molecule has 0 aliphatic heterocycles. The number of rotatable bonds is 4. The summed E-state index contributed by atoms with van der Waals surface area (Å²) in [6.45, 7) is 3.79. The topological polar surface area (TPSA) is 46.9 Å². The van der Waals surface area contributed by atoms with Crippen molar-refractivity contribution in [3.8, 4) is 0 Å². The van der Waals surface area contributed by atoms with E-state index < -0.39 is 22.7 Å². The van der Waals surface area contributed by atoms with Crippen LogP contribution in [0.15, 0.2) is 24.3 Å². The molecule has 0 unspecified atom stereocenters. The van der Waals surface area contributed by atoms with Gasteiger partial charge in [0.25, 0.3) is 5.91 Å². The lowest BCUT2D eigenvalue weighted by Crippen LogP contribution is -2.25. The number of halogens is 4. The van der Waals surface area contributed by atoms with Crippen molar-refractivity contribution < 1.29 is 18.0 Å². The smallest absolute Gasteiger partial charge is 0.347 e. The fraction of sp³-hybridized carbons (Fsp3) is 0.375. The van der Waals surface area contributed by atoms with Gasteiger partial charge in [0.15, 0.2) is 0 Å². The Bertz CT molecular complexity index is 754. The molecule has 0 spiro atoms. The zero-order valence-electron chi connectivity index (χ0n) is 13.4. The van der Waals surface area contributed by atoms with Gasteiger partial charge in [-0.1, -0.05) is 37.6 Å². The molecule has 0 fully saturated rings. The molecule has 0 bridgehead atoms. The second-order valence-corrected chi connectivity index (χ2v) is 6.07. The molecule has 0 atom stereocenters. The molecule has 1 amide bonds. The summed E-state index contributed by atoms with van der Waals surface area (Å²) < 4.78 is 40.0. The number of hydrogen-bond acceptors (Lipinski definition) is 2. The van der Waals surface area contributed by atoms with Crippen LogP contribution in [0, 0.1) is 0 Å². The van der Waals surface area contributed by atoms with Gasteiger partial charge in [-0.2, -0.15) is 18.3 Å². The Morgan fingerprint density at radius 1 is 1.38 bits per heavy atom. The first-order valence-electron chi connectivity index (χ1n) is 7.28. The summed E-state index contributed by atoms with van der Waals surface area (Å²) in [7, 11) is 1.64. The average Bonchev–Trinajstić information content (AvgIpc) is 2.87. The Morgan fingerprint density at radius 2 is 2.04 bits per heavy atom. The monoisotopic (exact) mass is 359 g/mol. The van der Waals surface area contributed by atoms with E-state index in [2.05, 4.69) is 10.4 Å². The molecule has 0 radical (unpaired) electrons. The van der Waals surface area contributed by atoms with E-state index >= 15 is 0 Å². The number of hydrogen-bond donors (Lipinski definition) is 1. The molecule has 1 N–H and O–H groups in total. The summed E-state index contributed by atoms with van der Waals surface area (Å²) in [6, 6.07) is 5.27. The van der Waals surface area contributed by atoms with Crippen LogP contribution in [0.1, 0.15) is 47.1 Å². The highest BCUT2D eigenvalue weighted by atomic mass is 35.5. The van der Waals surface area contributed by atoms with Gasteiger partial charge in [-0.25, -0.2) is 0 Å². The molecule has 24 heavy (non-hydrogen) atoms. The Balaban J connectivity index is 2.15. The van der Waals surface area contributed by atoms with Crippen LogP contribution in [-0.4, -0.2) is 15.7 Å². The van der Waals surface area contributed by atoms with Gasteiger partial charge in [0.05, 0.1) is 16.3 Å². The maximum atomic E-state index is 12.8. The van der Waals surface area contributed by atoms with Crippen molar-refractivity contribution in [1.29, 1.82) is 0 Å². The standard InChI is InChI=1S/C16H17ClF3N3O/c1-9(2)12-7-13(23(3)22-12)15(24)21-8-10-5-4-6-11(14(10)17)16(18,19)20/h4-7,9H,8H2,1-3H3,(H,21,24). The van der Waals surface area contributed by atoms with Gasteiger partial charge in [-0.3, -0.25) is 9.48 Å². The lowest BCUT2D eigenvalue weighted by atomic mass is 10.1. The van der Waals surface area contributed by atoms with E-state index in [0.717, 1.165) is 11.8 Å². The van der Waals surface area contributed by atoms with Gasteiger partial charge in [-0.05, 0) is 23.6 Å². The fourth-order valence-corrected chi connectivity index (χ4v) is 2.49. The van der Waals surface area contributed by atoms with Crippen molar-refractivity contribution in [3.63, 3.8) is 0 Å². The average molecular weight is 360 g/mol. The van der Waals surface area contributed by atoms with Gasteiger partial charge < -0.3 is 5.32 Å². The third-order valence-corrected chi connectivity index (χ3v) is 3.99. The van der Waals surface area contributed by atoms with Crippen molar-refractivity contribution in [2.75, 3.05) is 0 Å². The van der Waals surface area contributed by atoms with Crippen LogP contribution in [0.4, 0.5) is 13.2 Å². The van der Waals surface area contributed by atoms with Crippen LogP contribution < -0.4 is 5.32 Å². The third kappa shape index (κ3) is 3.90. The zero-order chi connectivity index (χ0) is 18.1. The molecule has 130 valence electrons. The number of nitrogens with one attached hydrogen (secondary N) is 1. The van der Waals surface area contributed by atoms with Crippen molar-refractivity contribution >= 4 is 17.5 Å². The SMILES string of the molecule is CC(C)c1cc(C(=O)NCc2cccc(C(F)(F)F)c2Cl)n(C)n1. The summed E-state index contributed by atoms with van der Waals surface area (Å²) in [5.41, 5.74) is 0.381. The molecule has 2 aromatic rings. The number of carbonyl (C=O) groups excluding carboxylic acids is 1. The second kappa shape index (κ2) is 6.84. The molecule has 8 heteroatoms. The van der Waals surface area contributed by atoms with Crippen LogP contribution in [0.25, 0.3) is 0 Å². The van der Waals surface area contributed by atoms with E-state index in [1.807, 2.05) is 13.8 Å². The van der Waals surface area contributed by atoms with Crippen molar-refractivity contribution in [3.05, 3.63) is 51.8 Å². The number of aromatic nitrogens is 2. The lowest BCUT2D eigenvalue weighted by molar-refractivity contribution is -0.137. The summed E-state index contributed by atoms with van der Waals surface area (Å²) >= 11 is 5.81.